The number of hydrogen-bond acceptors (Lipinski definition) is 6. The van der Waals surface area contributed by atoms with E-state index in [-0.39, 0.29) is 29.7 Å². The van der Waals surface area contributed by atoms with Crippen LogP contribution >= 0.6 is 0 Å². The summed E-state index contributed by atoms with van der Waals surface area (Å²) in [6.07, 6.45) is -1.45. The minimum Gasteiger partial charge on any atom is -0.445 e. The van der Waals surface area contributed by atoms with E-state index in [0.717, 1.165) is 30.5 Å². The molecule has 2 N–H and O–H groups in total. The number of aromatic nitrogens is 4. The highest BCUT2D eigenvalue weighted by molar-refractivity contribution is 5.87. The fourth-order valence-corrected chi connectivity index (χ4v) is 4.74. The van der Waals surface area contributed by atoms with Crippen molar-refractivity contribution in [3.63, 3.8) is 0 Å². The number of nitrogens with zero attached hydrogens (tertiary/aromatic N) is 4. The molecule has 0 radical (unpaired) electrons. The molecular formula is C29H27F3N6O3. The van der Waals surface area contributed by atoms with Crippen LogP contribution in [0.15, 0.2) is 66.9 Å². The van der Waals surface area contributed by atoms with Crippen LogP contribution in [-0.4, -0.2) is 43.4 Å². The number of benzene rings is 2. The maximum absolute atomic E-state index is 13.6. The van der Waals surface area contributed by atoms with E-state index in [9.17, 15) is 22.8 Å². The van der Waals surface area contributed by atoms with Crippen molar-refractivity contribution in [2.24, 2.45) is 0 Å². The smallest absolute Gasteiger partial charge is 0.416 e. The summed E-state index contributed by atoms with van der Waals surface area (Å²) in [5.41, 5.74) is 1.10. The van der Waals surface area contributed by atoms with Gasteiger partial charge >= 0.3 is 12.3 Å². The Kier molecular flexibility index (Phi) is 7.99. The topological polar surface area (TPSA) is 113 Å². The summed E-state index contributed by atoms with van der Waals surface area (Å²) in [5, 5.41) is 2.51. The molecule has 2 amide bonds. The number of H-pyrrole nitrogens is 1. The molecule has 0 saturated carbocycles. The molecule has 12 heteroatoms. The second-order valence-electron chi connectivity index (χ2n) is 9.62. The Morgan fingerprint density at radius 3 is 2.63 bits per heavy atom. The summed E-state index contributed by atoms with van der Waals surface area (Å²) in [6, 6.07) is 15.2. The van der Waals surface area contributed by atoms with Crippen molar-refractivity contribution in [2.45, 2.75) is 45.0 Å². The van der Waals surface area contributed by atoms with Gasteiger partial charge in [-0.05, 0) is 43.0 Å². The van der Waals surface area contributed by atoms with Crippen LogP contribution < -0.4 is 5.32 Å². The molecule has 3 heterocycles. The Labute approximate surface area is 233 Å². The molecule has 0 aliphatic carbocycles. The van der Waals surface area contributed by atoms with Crippen molar-refractivity contribution < 1.29 is 27.5 Å². The van der Waals surface area contributed by atoms with Crippen molar-refractivity contribution in [3.05, 3.63) is 83.8 Å². The number of nitrogens with one attached hydrogen (secondary N) is 2. The van der Waals surface area contributed by atoms with Gasteiger partial charge in [0.05, 0.1) is 28.7 Å². The zero-order valence-corrected chi connectivity index (χ0v) is 22.1. The molecule has 1 fully saturated rings. The molecule has 9 nitrogen and oxygen atoms in total. The first kappa shape index (κ1) is 27.8. The van der Waals surface area contributed by atoms with Gasteiger partial charge in [0.2, 0.25) is 11.9 Å². The number of carbonyl (C=O) groups excluding carboxylic acids is 2. The lowest BCUT2D eigenvalue weighted by Gasteiger charge is -2.33. The zero-order valence-electron chi connectivity index (χ0n) is 22.1. The lowest BCUT2D eigenvalue weighted by atomic mass is 10.0. The molecule has 5 rings (SSSR count). The summed E-state index contributed by atoms with van der Waals surface area (Å²) in [4.78, 5) is 42.7. The third-order valence-electron chi connectivity index (χ3n) is 6.64. The van der Waals surface area contributed by atoms with Crippen molar-refractivity contribution >= 4 is 17.9 Å². The van der Waals surface area contributed by atoms with Crippen LogP contribution in [0.2, 0.25) is 0 Å². The first-order valence-corrected chi connectivity index (χ1v) is 13.0. The number of aromatic amines is 1. The van der Waals surface area contributed by atoms with Gasteiger partial charge in [-0.25, -0.2) is 19.7 Å². The van der Waals surface area contributed by atoms with Crippen LogP contribution in [0.3, 0.4) is 0 Å². The molecule has 2 aromatic carbocycles. The standard InChI is InChI=1S/C29H27F3N6O3/c1-18(39)34-27-33-14-13-22(35-27)25-24(20-10-7-11-21(16-20)29(30,31)32)36-26(37-25)23-12-5-6-15-38(23)28(40)41-17-19-8-3-2-4-9-19/h2-4,7-11,13-14,16,23H,5-6,12,15,17H2,1H3,(H,36,37)(H,33,34,35,39). The van der Waals surface area contributed by atoms with E-state index in [1.54, 1.807) is 11.0 Å². The highest BCUT2D eigenvalue weighted by Crippen LogP contribution is 2.38. The van der Waals surface area contributed by atoms with E-state index in [4.69, 9.17) is 9.72 Å². The predicted molar refractivity (Wildman–Crippen MR) is 144 cm³/mol. The highest BCUT2D eigenvalue weighted by Gasteiger charge is 2.34. The van der Waals surface area contributed by atoms with Gasteiger partial charge in [-0.2, -0.15) is 13.2 Å². The Morgan fingerprint density at radius 1 is 1.07 bits per heavy atom. The third-order valence-corrected chi connectivity index (χ3v) is 6.64. The van der Waals surface area contributed by atoms with Gasteiger partial charge in [0.15, 0.2) is 0 Å². The van der Waals surface area contributed by atoms with Crippen LogP contribution in [0.25, 0.3) is 22.6 Å². The molecule has 0 bridgehead atoms. The number of imidazole rings is 1. The van der Waals surface area contributed by atoms with Crippen LogP contribution in [0.1, 0.15) is 49.2 Å². The SMILES string of the molecule is CC(=O)Nc1nccc(-c2[nH]c(C3CCCCN3C(=O)OCc3ccccc3)nc2-c2cccc(C(F)(F)F)c2)n1. The van der Waals surface area contributed by atoms with E-state index >= 15 is 0 Å². The lowest BCUT2D eigenvalue weighted by molar-refractivity contribution is -0.137. The Morgan fingerprint density at radius 2 is 1.88 bits per heavy atom. The number of rotatable bonds is 6. The number of piperidine rings is 1. The van der Waals surface area contributed by atoms with Crippen molar-refractivity contribution in [1.29, 1.82) is 0 Å². The molecule has 2 aromatic heterocycles. The minimum atomic E-state index is -4.55. The maximum Gasteiger partial charge on any atom is 0.416 e. The lowest BCUT2D eigenvalue weighted by Crippen LogP contribution is -2.39. The van der Waals surface area contributed by atoms with Gasteiger partial charge in [0.25, 0.3) is 0 Å². The molecule has 1 aliphatic heterocycles. The van der Waals surface area contributed by atoms with E-state index < -0.39 is 23.9 Å². The zero-order chi connectivity index (χ0) is 29.0. The summed E-state index contributed by atoms with van der Waals surface area (Å²) in [5.74, 6) is 0.0470. The number of alkyl halides is 3. The average molecular weight is 565 g/mol. The first-order valence-electron chi connectivity index (χ1n) is 13.0. The molecule has 1 unspecified atom stereocenters. The van der Waals surface area contributed by atoms with Gasteiger partial charge in [-0.1, -0.05) is 42.5 Å². The van der Waals surface area contributed by atoms with Gasteiger partial charge in [-0.15, -0.1) is 0 Å². The Hall–Kier alpha value is -4.74. The van der Waals surface area contributed by atoms with Crippen LogP contribution in [-0.2, 0) is 22.3 Å². The molecule has 1 aliphatic rings. The summed E-state index contributed by atoms with van der Waals surface area (Å²) >= 11 is 0. The predicted octanol–water partition coefficient (Wildman–Crippen LogP) is 6.37. The molecule has 41 heavy (non-hydrogen) atoms. The van der Waals surface area contributed by atoms with Crippen molar-refractivity contribution in [3.8, 4) is 22.6 Å². The Bertz CT molecular complexity index is 1540. The second kappa shape index (κ2) is 11.8. The van der Waals surface area contributed by atoms with Crippen LogP contribution in [0.5, 0.6) is 0 Å². The average Bonchev–Trinajstić information content (AvgIpc) is 3.41. The molecule has 1 saturated heterocycles. The molecular weight excluding hydrogens is 537 g/mol. The summed E-state index contributed by atoms with van der Waals surface area (Å²) < 4.78 is 46.3. The maximum atomic E-state index is 13.6. The third kappa shape index (κ3) is 6.53. The molecule has 1 atom stereocenters. The summed E-state index contributed by atoms with van der Waals surface area (Å²) in [7, 11) is 0. The van der Waals surface area contributed by atoms with Crippen molar-refractivity contribution in [1.82, 2.24) is 24.8 Å². The largest absolute Gasteiger partial charge is 0.445 e. The fraction of sp³-hybridized carbons (Fsp3) is 0.276. The van der Waals surface area contributed by atoms with Gasteiger partial charge < -0.3 is 9.72 Å². The number of halogens is 3. The number of carbonyl (C=O) groups is 2. The normalized spacial score (nSPS) is 15.4. The molecule has 212 valence electrons. The van der Waals surface area contributed by atoms with Crippen molar-refractivity contribution in [2.75, 3.05) is 11.9 Å². The number of hydrogen-bond donors (Lipinski definition) is 2. The van der Waals surface area contributed by atoms with Gasteiger partial charge in [-0.3, -0.25) is 15.0 Å². The quantitative estimate of drug-likeness (QED) is 0.281. The Balaban J connectivity index is 1.53. The molecule has 4 aromatic rings. The molecule has 0 spiro atoms. The van der Waals surface area contributed by atoms with E-state index in [2.05, 4.69) is 20.3 Å². The van der Waals surface area contributed by atoms with E-state index in [1.807, 2.05) is 30.3 Å². The second-order valence-corrected chi connectivity index (χ2v) is 9.62. The number of likely N-dealkylation sites (tertiary alicyclic amines) is 1. The number of ether oxygens (including phenoxy) is 1. The number of anilines is 1. The fourth-order valence-electron chi connectivity index (χ4n) is 4.74. The van der Waals surface area contributed by atoms with Gasteiger partial charge in [0.1, 0.15) is 12.4 Å². The monoisotopic (exact) mass is 564 g/mol. The highest BCUT2D eigenvalue weighted by atomic mass is 19.4. The van der Waals surface area contributed by atoms with Crippen LogP contribution in [0, 0.1) is 0 Å². The van der Waals surface area contributed by atoms with Gasteiger partial charge in [0, 0.05) is 25.2 Å². The number of amides is 2. The minimum absolute atomic E-state index is 0.0323. The van der Waals surface area contributed by atoms with Crippen LogP contribution in [0.4, 0.5) is 23.9 Å². The van der Waals surface area contributed by atoms with E-state index in [1.165, 1.54) is 25.3 Å². The first-order chi connectivity index (χ1) is 19.7. The summed E-state index contributed by atoms with van der Waals surface area (Å²) in [6.45, 7) is 1.86. The van der Waals surface area contributed by atoms with E-state index in [0.29, 0.717) is 30.2 Å².